The minimum absolute atomic E-state index is 0.400. The van der Waals surface area contributed by atoms with Crippen LogP contribution in [0.3, 0.4) is 0 Å². The van der Waals surface area contributed by atoms with Gasteiger partial charge in [0.05, 0.1) is 11.3 Å². The molecular weight excluding hydrogens is 214 g/mol. The SMILES string of the molecule is C#Cc1c(C2CCOCC2)nn2cccnc12. The molecule has 3 rings (SSSR count). The van der Waals surface area contributed by atoms with Crippen molar-refractivity contribution in [2.45, 2.75) is 18.8 Å². The van der Waals surface area contributed by atoms with Gasteiger partial charge in [0, 0.05) is 31.5 Å². The molecule has 3 heterocycles. The summed E-state index contributed by atoms with van der Waals surface area (Å²) in [6, 6.07) is 1.86. The molecule has 0 N–H and O–H groups in total. The zero-order valence-corrected chi connectivity index (χ0v) is 9.47. The molecule has 2 aromatic rings. The molecule has 1 saturated heterocycles. The average molecular weight is 227 g/mol. The lowest BCUT2D eigenvalue weighted by Crippen LogP contribution is -2.15. The van der Waals surface area contributed by atoms with Gasteiger partial charge in [-0.25, -0.2) is 9.50 Å². The maximum atomic E-state index is 5.59. The van der Waals surface area contributed by atoms with Crippen LogP contribution >= 0.6 is 0 Å². The molecule has 0 spiro atoms. The first-order valence-corrected chi connectivity index (χ1v) is 5.78. The van der Waals surface area contributed by atoms with Gasteiger partial charge in [0.1, 0.15) is 0 Å². The van der Waals surface area contributed by atoms with Gasteiger partial charge in [0.15, 0.2) is 5.65 Å². The third kappa shape index (κ3) is 1.69. The van der Waals surface area contributed by atoms with Crippen molar-refractivity contribution < 1.29 is 4.74 Å². The number of terminal acetylenes is 1. The lowest BCUT2D eigenvalue weighted by molar-refractivity contribution is 0.0844. The number of rotatable bonds is 1. The number of aromatic nitrogens is 3. The van der Waals surface area contributed by atoms with E-state index in [4.69, 9.17) is 11.2 Å². The van der Waals surface area contributed by atoms with Crippen LogP contribution in [0.1, 0.15) is 30.0 Å². The van der Waals surface area contributed by atoms with E-state index in [-0.39, 0.29) is 0 Å². The highest BCUT2D eigenvalue weighted by molar-refractivity contribution is 5.59. The van der Waals surface area contributed by atoms with Gasteiger partial charge in [-0.05, 0) is 18.9 Å². The summed E-state index contributed by atoms with van der Waals surface area (Å²) in [5.74, 6) is 3.13. The van der Waals surface area contributed by atoms with Gasteiger partial charge in [-0.3, -0.25) is 0 Å². The number of nitrogens with zero attached hydrogens (tertiary/aromatic N) is 3. The zero-order chi connectivity index (χ0) is 11.7. The van der Waals surface area contributed by atoms with Crippen molar-refractivity contribution in [2.75, 3.05) is 13.2 Å². The van der Waals surface area contributed by atoms with Crippen molar-refractivity contribution in [3.05, 3.63) is 29.7 Å². The van der Waals surface area contributed by atoms with Crippen LogP contribution in [0.4, 0.5) is 0 Å². The monoisotopic (exact) mass is 227 g/mol. The third-order valence-electron chi connectivity index (χ3n) is 3.17. The molecule has 2 aromatic heterocycles. The van der Waals surface area contributed by atoms with Gasteiger partial charge in [-0.1, -0.05) is 5.92 Å². The summed E-state index contributed by atoms with van der Waals surface area (Å²) in [6.45, 7) is 1.58. The van der Waals surface area contributed by atoms with E-state index in [0.29, 0.717) is 5.92 Å². The lowest BCUT2D eigenvalue weighted by Gasteiger charge is -2.20. The van der Waals surface area contributed by atoms with Gasteiger partial charge in [0.25, 0.3) is 0 Å². The largest absolute Gasteiger partial charge is 0.381 e. The molecule has 0 bridgehead atoms. The summed E-state index contributed by atoms with van der Waals surface area (Å²) in [5, 5.41) is 4.56. The molecule has 0 aliphatic carbocycles. The maximum absolute atomic E-state index is 5.59. The van der Waals surface area contributed by atoms with Gasteiger partial charge in [0.2, 0.25) is 0 Å². The van der Waals surface area contributed by atoms with Crippen LogP contribution < -0.4 is 0 Å². The Bertz CT molecular complexity index is 576. The summed E-state index contributed by atoms with van der Waals surface area (Å²) < 4.78 is 7.13. The molecule has 4 heteroatoms. The first-order valence-electron chi connectivity index (χ1n) is 5.78. The van der Waals surface area contributed by atoms with E-state index < -0.39 is 0 Å². The average Bonchev–Trinajstić information content (AvgIpc) is 2.78. The van der Waals surface area contributed by atoms with Crippen LogP contribution in [-0.2, 0) is 4.74 Å². The highest BCUT2D eigenvalue weighted by atomic mass is 16.5. The van der Waals surface area contributed by atoms with Gasteiger partial charge in [-0.2, -0.15) is 5.10 Å². The van der Waals surface area contributed by atoms with Crippen molar-refractivity contribution >= 4 is 5.65 Å². The predicted octanol–water partition coefficient (Wildman–Crippen LogP) is 1.60. The predicted molar refractivity (Wildman–Crippen MR) is 63.7 cm³/mol. The second kappa shape index (κ2) is 4.19. The van der Waals surface area contributed by atoms with E-state index in [0.717, 1.165) is 43.0 Å². The van der Waals surface area contributed by atoms with E-state index in [1.807, 2.05) is 12.3 Å². The topological polar surface area (TPSA) is 39.4 Å². The Balaban J connectivity index is 2.12. The van der Waals surface area contributed by atoms with E-state index in [2.05, 4.69) is 16.0 Å². The van der Waals surface area contributed by atoms with Crippen molar-refractivity contribution in [2.24, 2.45) is 0 Å². The number of fused-ring (bicyclic) bond motifs is 1. The summed E-state index contributed by atoms with van der Waals surface area (Å²) in [6.07, 6.45) is 11.2. The van der Waals surface area contributed by atoms with Gasteiger partial charge in [-0.15, -0.1) is 6.42 Å². The Labute approximate surface area is 99.6 Å². The van der Waals surface area contributed by atoms with Crippen LogP contribution in [0.5, 0.6) is 0 Å². The third-order valence-corrected chi connectivity index (χ3v) is 3.17. The van der Waals surface area contributed by atoms with E-state index >= 15 is 0 Å². The van der Waals surface area contributed by atoms with Crippen LogP contribution in [0.2, 0.25) is 0 Å². The molecule has 0 radical (unpaired) electrons. The van der Waals surface area contributed by atoms with Crippen molar-refractivity contribution in [3.8, 4) is 12.3 Å². The summed E-state index contributed by atoms with van der Waals surface area (Å²) in [7, 11) is 0. The molecular formula is C13H13N3O. The molecule has 0 amide bonds. The van der Waals surface area contributed by atoms with Crippen LogP contribution in [0.25, 0.3) is 5.65 Å². The molecule has 0 saturated carbocycles. The number of ether oxygens (including phenoxy) is 1. The maximum Gasteiger partial charge on any atom is 0.171 e. The zero-order valence-electron chi connectivity index (χ0n) is 9.47. The standard InChI is InChI=1S/C13H13N3O/c1-2-11-12(10-4-8-17-9-5-10)15-16-7-3-6-14-13(11)16/h1,3,6-7,10H,4-5,8-9H2. The molecule has 1 aliphatic heterocycles. The van der Waals surface area contributed by atoms with Crippen molar-refractivity contribution in [1.29, 1.82) is 0 Å². The molecule has 0 unspecified atom stereocenters. The molecule has 86 valence electrons. The first-order chi connectivity index (χ1) is 8.40. The Kier molecular flexibility index (Phi) is 2.54. The number of hydrogen-bond donors (Lipinski definition) is 0. The van der Waals surface area contributed by atoms with Gasteiger partial charge < -0.3 is 4.74 Å². The Morgan fingerprint density at radius 3 is 3.00 bits per heavy atom. The van der Waals surface area contributed by atoms with E-state index in [1.165, 1.54) is 0 Å². The van der Waals surface area contributed by atoms with E-state index in [1.54, 1.807) is 10.7 Å². The molecule has 0 atom stereocenters. The first kappa shape index (κ1) is 10.3. The minimum atomic E-state index is 0.400. The van der Waals surface area contributed by atoms with Crippen molar-refractivity contribution in [1.82, 2.24) is 14.6 Å². The Morgan fingerprint density at radius 2 is 2.24 bits per heavy atom. The Morgan fingerprint density at radius 1 is 1.41 bits per heavy atom. The molecule has 17 heavy (non-hydrogen) atoms. The second-order valence-electron chi connectivity index (χ2n) is 4.18. The molecule has 0 aromatic carbocycles. The summed E-state index contributed by atoms with van der Waals surface area (Å²) in [5.41, 5.74) is 2.60. The molecule has 1 fully saturated rings. The number of hydrogen-bond acceptors (Lipinski definition) is 3. The summed E-state index contributed by atoms with van der Waals surface area (Å²) >= 11 is 0. The smallest absolute Gasteiger partial charge is 0.171 e. The quantitative estimate of drug-likeness (QED) is 0.695. The van der Waals surface area contributed by atoms with Crippen LogP contribution in [0.15, 0.2) is 18.5 Å². The lowest BCUT2D eigenvalue weighted by atomic mass is 9.94. The molecule has 4 nitrogen and oxygen atoms in total. The fourth-order valence-corrected chi connectivity index (χ4v) is 2.30. The fraction of sp³-hybridized carbons (Fsp3) is 0.385. The van der Waals surface area contributed by atoms with Crippen LogP contribution in [0, 0.1) is 12.3 Å². The Hall–Kier alpha value is -1.86. The van der Waals surface area contributed by atoms with Gasteiger partial charge >= 0.3 is 0 Å². The highest BCUT2D eigenvalue weighted by Gasteiger charge is 2.23. The highest BCUT2D eigenvalue weighted by Crippen LogP contribution is 2.29. The minimum Gasteiger partial charge on any atom is -0.381 e. The van der Waals surface area contributed by atoms with Crippen LogP contribution in [-0.4, -0.2) is 27.8 Å². The second-order valence-corrected chi connectivity index (χ2v) is 4.18. The summed E-state index contributed by atoms with van der Waals surface area (Å²) in [4.78, 5) is 4.29. The molecule has 1 aliphatic rings. The fourth-order valence-electron chi connectivity index (χ4n) is 2.30. The van der Waals surface area contributed by atoms with Crippen molar-refractivity contribution in [3.63, 3.8) is 0 Å². The normalized spacial score (nSPS) is 17.1. The van der Waals surface area contributed by atoms with E-state index in [9.17, 15) is 0 Å².